The van der Waals surface area contributed by atoms with Crippen LogP contribution in [0, 0.1) is 52.3 Å². The molecule has 1 saturated heterocycles. The van der Waals surface area contributed by atoms with Gasteiger partial charge in [-0.05, 0) is 110 Å². The molecule has 1 heterocycles. The quantitative estimate of drug-likeness (QED) is 0.343. The van der Waals surface area contributed by atoms with E-state index in [0.29, 0.717) is 23.4 Å². The minimum absolute atomic E-state index is 0.0545. The van der Waals surface area contributed by atoms with Gasteiger partial charge in [0.25, 0.3) is 5.91 Å². The minimum Gasteiger partial charge on any atom is -0.480 e. The zero-order chi connectivity index (χ0) is 26.5. The third-order valence-electron chi connectivity index (χ3n) is 12.5. The molecule has 5 fully saturated rings. The van der Waals surface area contributed by atoms with Crippen molar-refractivity contribution in [2.24, 2.45) is 52.3 Å². The van der Waals surface area contributed by atoms with E-state index in [4.69, 9.17) is 4.74 Å². The number of aliphatic carboxylic acids is 1. The van der Waals surface area contributed by atoms with E-state index in [0.717, 1.165) is 54.8 Å². The van der Waals surface area contributed by atoms with E-state index in [1.54, 1.807) is 4.90 Å². The van der Waals surface area contributed by atoms with Gasteiger partial charge in [0.15, 0.2) is 6.10 Å². The molecule has 0 aromatic carbocycles. The Morgan fingerprint density at radius 3 is 2.32 bits per heavy atom. The standard InChI is InChI=1S/C32H53NO4/c1-20(2)7-6-8-21(3)25-11-12-26-24-10-9-22-17-23(33(18-29(34)35)30(36)28-19-37-28)13-15-31(22,4)27(24)14-16-32(25,26)5/h20-28H,6-19H2,1-5H3,(H,34,35)/t21?,22?,23-,24-,25+,26-,27-,28?,31-,32+/m0/s1. The van der Waals surface area contributed by atoms with Crippen molar-refractivity contribution in [3.8, 4) is 0 Å². The smallest absolute Gasteiger partial charge is 0.323 e. The number of carboxylic acids is 1. The molecule has 0 bridgehead atoms. The van der Waals surface area contributed by atoms with Crippen LogP contribution in [0.4, 0.5) is 0 Å². The van der Waals surface area contributed by atoms with Crippen LogP contribution in [0.15, 0.2) is 0 Å². The highest BCUT2D eigenvalue weighted by Gasteiger charge is 2.61. The third-order valence-corrected chi connectivity index (χ3v) is 12.5. The first-order valence-corrected chi connectivity index (χ1v) is 15.7. The van der Waals surface area contributed by atoms with Crippen LogP contribution in [0.3, 0.4) is 0 Å². The van der Waals surface area contributed by atoms with Crippen molar-refractivity contribution in [1.29, 1.82) is 0 Å². The van der Waals surface area contributed by atoms with Gasteiger partial charge in [-0.2, -0.15) is 0 Å². The predicted molar refractivity (Wildman–Crippen MR) is 146 cm³/mol. The number of carboxylic acid groups (broad SMARTS) is 1. The average Bonchev–Trinajstić information content (AvgIpc) is 3.62. The van der Waals surface area contributed by atoms with Crippen molar-refractivity contribution < 1.29 is 19.4 Å². The zero-order valence-electron chi connectivity index (χ0n) is 24.2. The van der Waals surface area contributed by atoms with E-state index in [2.05, 4.69) is 34.6 Å². The van der Waals surface area contributed by atoms with Crippen LogP contribution < -0.4 is 0 Å². The van der Waals surface area contributed by atoms with Gasteiger partial charge < -0.3 is 14.7 Å². The van der Waals surface area contributed by atoms with Crippen LogP contribution in [0.5, 0.6) is 0 Å². The molecule has 5 nitrogen and oxygen atoms in total. The number of carbonyl (C=O) groups is 2. The molecule has 0 spiro atoms. The number of rotatable bonds is 9. The topological polar surface area (TPSA) is 70.1 Å². The molecule has 210 valence electrons. The highest BCUT2D eigenvalue weighted by molar-refractivity contribution is 5.86. The van der Waals surface area contributed by atoms with Gasteiger partial charge in [0.2, 0.25) is 0 Å². The lowest BCUT2D eigenvalue weighted by atomic mass is 9.44. The van der Waals surface area contributed by atoms with E-state index in [1.807, 2.05) is 0 Å². The molecule has 4 saturated carbocycles. The van der Waals surface area contributed by atoms with Gasteiger partial charge in [0.1, 0.15) is 6.54 Å². The van der Waals surface area contributed by atoms with E-state index in [9.17, 15) is 14.7 Å². The molecular weight excluding hydrogens is 462 g/mol. The second-order valence-corrected chi connectivity index (χ2v) is 14.8. The van der Waals surface area contributed by atoms with Crippen LogP contribution in [0.2, 0.25) is 0 Å². The zero-order valence-corrected chi connectivity index (χ0v) is 24.2. The Bertz CT molecular complexity index is 854. The lowest BCUT2D eigenvalue weighted by molar-refractivity contribution is -0.152. The summed E-state index contributed by atoms with van der Waals surface area (Å²) in [7, 11) is 0. The van der Waals surface area contributed by atoms with Crippen molar-refractivity contribution in [2.45, 2.75) is 124 Å². The maximum absolute atomic E-state index is 12.9. The first-order valence-electron chi connectivity index (χ1n) is 15.7. The lowest BCUT2D eigenvalue weighted by Crippen LogP contribution is -2.56. The van der Waals surface area contributed by atoms with Crippen LogP contribution in [-0.2, 0) is 14.3 Å². The van der Waals surface area contributed by atoms with Crippen molar-refractivity contribution in [1.82, 2.24) is 4.90 Å². The number of ether oxygens (including phenoxy) is 1. The Kier molecular flexibility index (Phi) is 7.77. The summed E-state index contributed by atoms with van der Waals surface area (Å²) in [6.07, 6.45) is 15.0. The number of hydrogen-bond donors (Lipinski definition) is 1. The molecule has 5 heteroatoms. The van der Waals surface area contributed by atoms with Gasteiger partial charge in [0, 0.05) is 6.04 Å². The predicted octanol–water partition coefficient (Wildman–Crippen LogP) is 6.79. The molecule has 5 aliphatic rings. The molecule has 1 N–H and O–H groups in total. The maximum atomic E-state index is 12.9. The van der Waals surface area contributed by atoms with E-state index in [-0.39, 0.29) is 18.5 Å². The van der Waals surface area contributed by atoms with Crippen LogP contribution >= 0.6 is 0 Å². The van der Waals surface area contributed by atoms with Gasteiger partial charge in [-0.3, -0.25) is 9.59 Å². The molecule has 10 atom stereocenters. The summed E-state index contributed by atoms with van der Waals surface area (Å²) in [5, 5.41) is 9.51. The fraction of sp³-hybridized carbons (Fsp3) is 0.938. The Labute approximate surface area is 225 Å². The second-order valence-electron chi connectivity index (χ2n) is 14.8. The van der Waals surface area contributed by atoms with Crippen LogP contribution in [0.1, 0.15) is 112 Å². The number of nitrogens with zero attached hydrogens (tertiary/aromatic N) is 1. The number of hydrogen-bond acceptors (Lipinski definition) is 3. The normalized spacial score (nSPS) is 43.5. The minimum atomic E-state index is -0.910. The average molecular weight is 516 g/mol. The SMILES string of the molecule is CC(C)CCCC(C)[C@H]1CC[C@H]2[C@@H]3CCC4C[C@@H](N(CC(=O)O)C(=O)C5CO5)CC[C@]4(C)[C@H]3CC[C@]12C. The lowest BCUT2D eigenvalue weighted by Gasteiger charge is -2.62. The van der Waals surface area contributed by atoms with Gasteiger partial charge >= 0.3 is 5.97 Å². The summed E-state index contributed by atoms with van der Waals surface area (Å²) >= 11 is 0. The Hall–Kier alpha value is -1.10. The summed E-state index contributed by atoms with van der Waals surface area (Å²) in [5.74, 6) is 4.70. The monoisotopic (exact) mass is 515 g/mol. The van der Waals surface area contributed by atoms with Crippen LogP contribution in [-0.4, -0.2) is 47.2 Å². The molecule has 0 aromatic rings. The van der Waals surface area contributed by atoms with Gasteiger partial charge in [0.05, 0.1) is 6.61 Å². The summed E-state index contributed by atoms with van der Waals surface area (Å²) in [5.41, 5.74) is 0.865. The Morgan fingerprint density at radius 2 is 1.65 bits per heavy atom. The number of amides is 1. The fourth-order valence-corrected chi connectivity index (χ4v) is 10.5. The highest BCUT2D eigenvalue weighted by Crippen LogP contribution is 2.68. The van der Waals surface area contributed by atoms with E-state index >= 15 is 0 Å². The Balaban J connectivity index is 1.26. The molecule has 3 unspecified atom stereocenters. The van der Waals surface area contributed by atoms with E-state index < -0.39 is 12.1 Å². The molecular formula is C32H53NO4. The second kappa shape index (κ2) is 10.5. The van der Waals surface area contributed by atoms with Gasteiger partial charge in [-0.25, -0.2) is 0 Å². The third kappa shape index (κ3) is 5.12. The fourth-order valence-electron chi connectivity index (χ4n) is 10.5. The van der Waals surface area contributed by atoms with Crippen molar-refractivity contribution in [3.05, 3.63) is 0 Å². The first-order chi connectivity index (χ1) is 17.5. The van der Waals surface area contributed by atoms with Crippen molar-refractivity contribution in [3.63, 3.8) is 0 Å². The molecule has 0 radical (unpaired) electrons. The van der Waals surface area contributed by atoms with Gasteiger partial charge in [-0.1, -0.05) is 53.9 Å². The molecule has 1 amide bonds. The number of epoxide rings is 1. The first kappa shape index (κ1) is 27.5. The summed E-state index contributed by atoms with van der Waals surface area (Å²) in [6, 6.07) is 0.0545. The molecule has 37 heavy (non-hydrogen) atoms. The highest BCUT2D eigenvalue weighted by atomic mass is 16.6. The number of carbonyl (C=O) groups excluding carboxylic acids is 1. The largest absolute Gasteiger partial charge is 0.480 e. The van der Waals surface area contributed by atoms with Crippen molar-refractivity contribution >= 4 is 11.9 Å². The Morgan fingerprint density at radius 1 is 0.946 bits per heavy atom. The molecule has 4 aliphatic carbocycles. The van der Waals surface area contributed by atoms with E-state index in [1.165, 1.54) is 57.8 Å². The van der Waals surface area contributed by atoms with Gasteiger partial charge in [-0.15, -0.1) is 0 Å². The molecule has 0 aromatic heterocycles. The molecule has 1 aliphatic heterocycles. The van der Waals surface area contributed by atoms with Crippen molar-refractivity contribution in [2.75, 3.05) is 13.2 Å². The summed E-state index contributed by atoms with van der Waals surface area (Å²) in [6.45, 7) is 12.8. The summed E-state index contributed by atoms with van der Waals surface area (Å²) < 4.78 is 5.24. The number of fused-ring (bicyclic) bond motifs is 5. The maximum Gasteiger partial charge on any atom is 0.323 e. The van der Waals surface area contributed by atoms with Crippen LogP contribution in [0.25, 0.3) is 0 Å². The molecule has 5 rings (SSSR count). The summed E-state index contributed by atoms with van der Waals surface area (Å²) in [4.78, 5) is 26.1.